The number of aromatic nitrogens is 2. The molecule has 0 aliphatic carbocycles. The van der Waals surface area contributed by atoms with Gasteiger partial charge in [-0.05, 0) is 30.0 Å². The van der Waals surface area contributed by atoms with Gasteiger partial charge in [0.25, 0.3) is 0 Å². The van der Waals surface area contributed by atoms with E-state index in [2.05, 4.69) is 29.1 Å². The summed E-state index contributed by atoms with van der Waals surface area (Å²) in [7, 11) is 1.50. The van der Waals surface area contributed by atoms with Crippen LogP contribution in [0.5, 0.6) is 5.75 Å². The van der Waals surface area contributed by atoms with E-state index in [9.17, 15) is 9.18 Å². The van der Waals surface area contributed by atoms with E-state index in [1.165, 1.54) is 19.5 Å². The van der Waals surface area contributed by atoms with Gasteiger partial charge >= 0.3 is 0 Å². The van der Waals surface area contributed by atoms with Crippen molar-refractivity contribution in [1.82, 2.24) is 9.97 Å². The van der Waals surface area contributed by atoms with E-state index in [0.717, 1.165) is 11.1 Å². The summed E-state index contributed by atoms with van der Waals surface area (Å²) in [6, 6.07) is 11.2. The van der Waals surface area contributed by atoms with Crippen LogP contribution < -0.4 is 15.0 Å². The smallest absolute Gasteiger partial charge is 0.238 e. The minimum absolute atomic E-state index is 0.208. The number of nitrogens with zero attached hydrogens (tertiary/aromatic N) is 3. The predicted octanol–water partition coefficient (Wildman–Crippen LogP) is 5.11. The van der Waals surface area contributed by atoms with Crippen molar-refractivity contribution in [3.8, 4) is 5.75 Å². The van der Waals surface area contributed by atoms with E-state index in [1.54, 1.807) is 12.1 Å². The van der Waals surface area contributed by atoms with Crippen LogP contribution in [0.25, 0.3) is 0 Å². The highest BCUT2D eigenvalue weighted by atomic mass is 35.5. The highest BCUT2D eigenvalue weighted by Crippen LogP contribution is 2.43. The van der Waals surface area contributed by atoms with Crippen molar-refractivity contribution in [2.24, 2.45) is 0 Å². The summed E-state index contributed by atoms with van der Waals surface area (Å²) in [5, 5.41) is 3.24. The van der Waals surface area contributed by atoms with Crippen LogP contribution in [0.1, 0.15) is 36.6 Å². The molecule has 1 saturated heterocycles. The SMILES string of the molecule is COc1cc(Cl)ncc1NC(=O)C1(c2ccccc2C(C)C)CN(c2cc(C)ncc2F)C1. The maximum absolute atomic E-state index is 14.5. The zero-order valence-electron chi connectivity index (χ0n) is 19.0. The van der Waals surface area contributed by atoms with E-state index < -0.39 is 11.2 Å². The lowest BCUT2D eigenvalue weighted by molar-refractivity contribution is -0.122. The fraction of sp³-hybridized carbons (Fsp3) is 0.320. The van der Waals surface area contributed by atoms with Crippen LogP contribution in [-0.4, -0.2) is 36.1 Å². The van der Waals surface area contributed by atoms with Crippen LogP contribution in [0.3, 0.4) is 0 Å². The van der Waals surface area contributed by atoms with Crippen molar-refractivity contribution in [3.63, 3.8) is 0 Å². The minimum Gasteiger partial charge on any atom is -0.494 e. The topological polar surface area (TPSA) is 67.3 Å². The van der Waals surface area contributed by atoms with Crippen LogP contribution in [0.2, 0.25) is 5.15 Å². The summed E-state index contributed by atoms with van der Waals surface area (Å²) >= 11 is 5.98. The summed E-state index contributed by atoms with van der Waals surface area (Å²) < 4.78 is 19.9. The molecule has 1 N–H and O–H groups in total. The van der Waals surface area contributed by atoms with Crippen LogP contribution in [0.15, 0.2) is 48.8 Å². The van der Waals surface area contributed by atoms with Gasteiger partial charge in [-0.1, -0.05) is 49.7 Å². The molecule has 172 valence electrons. The average molecular weight is 469 g/mol. The van der Waals surface area contributed by atoms with Gasteiger partial charge < -0.3 is 15.0 Å². The van der Waals surface area contributed by atoms with Crippen molar-refractivity contribution in [2.75, 3.05) is 30.4 Å². The number of carbonyl (C=O) groups is 1. The monoisotopic (exact) mass is 468 g/mol. The second kappa shape index (κ2) is 8.98. The number of halogens is 2. The first-order valence-electron chi connectivity index (χ1n) is 10.7. The Labute approximate surface area is 197 Å². The zero-order valence-corrected chi connectivity index (χ0v) is 19.8. The zero-order chi connectivity index (χ0) is 23.8. The Morgan fingerprint density at radius 1 is 1.21 bits per heavy atom. The number of hydrogen-bond acceptors (Lipinski definition) is 5. The van der Waals surface area contributed by atoms with Crippen molar-refractivity contribution >= 4 is 28.9 Å². The van der Waals surface area contributed by atoms with Gasteiger partial charge in [-0.2, -0.15) is 0 Å². The molecule has 3 aromatic rings. The number of nitrogens with one attached hydrogen (secondary N) is 1. The molecule has 6 nitrogen and oxygen atoms in total. The molecule has 8 heteroatoms. The molecule has 33 heavy (non-hydrogen) atoms. The third kappa shape index (κ3) is 4.25. The third-order valence-corrected chi connectivity index (χ3v) is 6.27. The van der Waals surface area contributed by atoms with Gasteiger partial charge in [0, 0.05) is 24.8 Å². The molecule has 0 atom stereocenters. The van der Waals surface area contributed by atoms with E-state index >= 15 is 0 Å². The molecule has 2 aromatic heterocycles. The Hall–Kier alpha value is -3.19. The van der Waals surface area contributed by atoms with Crippen LogP contribution in [0, 0.1) is 12.7 Å². The number of aryl methyl sites for hydroxylation is 1. The Balaban J connectivity index is 1.74. The van der Waals surface area contributed by atoms with Crippen LogP contribution in [-0.2, 0) is 10.2 Å². The Morgan fingerprint density at radius 3 is 2.64 bits per heavy atom. The number of anilines is 2. The van der Waals surface area contributed by atoms with E-state index in [4.69, 9.17) is 16.3 Å². The first-order chi connectivity index (χ1) is 15.7. The summed E-state index contributed by atoms with van der Waals surface area (Å²) in [6.07, 6.45) is 2.69. The summed E-state index contributed by atoms with van der Waals surface area (Å²) in [5.74, 6) is 0.0185. The number of benzene rings is 1. The molecule has 1 aliphatic heterocycles. The second-order valence-electron chi connectivity index (χ2n) is 8.62. The lowest BCUT2D eigenvalue weighted by Crippen LogP contribution is -2.65. The molecule has 0 radical (unpaired) electrons. The summed E-state index contributed by atoms with van der Waals surface area (Å²) in [6.45, 7) is 6.66. The number of hydrogen-bond donors (Lipinski definition) is 1. The van der Waals surface area contributed by atoms with Gasteiger partial charge in [-0.25, -0.2) is 9.37 Å². The Bertz CT molecular complexity index is 1190. The minimum atomic E-state index is -0.880. The van der Waals surface area contributed by atoms with E-state index in [0.29, 0.717) is 35.9 Å². The van der Waals surface area contributed by atoms with Crippen LogP contribution >= 0.6 is 11.6 Å². The van der Waals surface area contributed by atoms with Gasteiger partial charge in [-0.3, -0.25) is 9.78 Å². The number of pyridine rings is 2. The predicted molar refractivity (Wildman–Crippen MR) is 128 cm³/mol. The lowest BCUT2D eigenvalue weighted by Gasteiger charge is -2.51. The maximum atomic E-state index is 14.5. The molecule has 1 amide bonds. The van der Waals surface area contributed by atoms with E-state index in [1.807, 2.05) is 36.1 Å². The van der Waals surface area contributed by atoms with Gasteiger partial charge in [0.2, 0.25) is 5.91 Å². The molecule has 0 unspecified atom stereocenters. The average Bonchev–Trinajstić information content (AvgIpc) is 2.76. The lowest BCUT2D eigenvalue weighted by atomic mass is 9.69. The van der Waals surface area contributed by atoms with Crippen molar-refractivity contribution in [2.45, 2.75) is 32.1 Å². The summed E-state index contributed by atoms with van der Waals surface area (Å²) in [5.41, 5.74) is 2.72. The molecule has 0 saturated carbocycles. The molecule has 3 heterocycles. The highest BCUT2D eigenvalue weighted by Gasteiger charge is 2.52. The highest BCUT2D eigenvalue weighted by molar-refractivity contribution is 6.29. The molecule has 1 fully saturated rings. The Kier molecular flexibility index (Phi) is 6.26. The maximum Gasteiger partial charge on any atom is 0.238 e. The largest absolute Gasteiger partial charge is 0.494 e. The van der Waals surface area contributed by atoms with Crippen molar-refractivity contribution in [3.05, 3.63) is 76.6 Å². The molecule has 1 aromatic carbocycles. The molecule has 0 bridgehead atoms. The molecular formula is C25H26ClFN4O2. The number of amides is 1. The summed E-state index contributed by atoms with van der Waals surface area (Å²) in [4.78, 5) is 23.8. The molecule has 4 rings (SSSR count). The van der Waals surface area contributed by atoms with Gasteiger partial charge in [-0.15, -0.1) is 0 Å². The quantitative estimate of drug-likeness (QED) is 0.509. The molecular weight excluding hydrogens is 443 g/mol. The molecule has 1 aliphatic rings. The fourth-order valence-corrected chi connectivity index (χ4v) is 4.48. The third-order valence-electron chi connectivity index (χ3n) is 6.07. The Morgan fingerprint density at radius 2 is 1.94 bits per heavy atom. The van der Waals surface area contributed by atoms with Crippen molar-refractivity contribution < 1.29 is 13.9 Å². The first-order valence-corrected chi connectivity index (χ1v) is 11.1. The second-order valence-corrected chi connectivity index (χ2v) is 9.01. The number of carbonyl (C=O) groups excluding carboxylic acids is 1. The standard InChI is InChI=1S/C25H26ClFN4O2/c1-15(2)17-7-5-6-8-18(17)25(13-31(14-25)21-9-16(3)28-11-19(21)27)24(32)30-20-12-29-23(26)10-22(20)33-4/h5-12,15H,13-14H2,1-4H3,(H,30,32). The number of rotatable bonds is 6. The molecule has 0 spiro atoms. The fourth-order valence-electron chi connectivity index (χ4n) is 4.34. The number of methoxy groups -OCH3 is 1. The van der Waals surface area contributed by atoms with Crippen LogP contribution in [0.4, 0.5) is 15.8 Å². The van der Waals surface area contributed by atoms with Gasteiger partial charge in [0.15, 0.2) is 5.82 Å². The van der Waals surface area contributed by atoms with Crippen molar-refractivity contribution in [1.29, 1.82) is 0 Å². The van der Waals surface area contributed by atoms with Gasteiger partial charge in [0.05, 0.1) is 25.2 Å². The van der Waals surface area contributed by atoms with E-state index in [-0.39, 0.29) is 17.0 Å². The normalized spacial score (nSPS) is 14.7. The first kappa shape index (κ1) is 23.0. The van der Waals surface area contributed by atoms with Gasteiger partial charge in [0.1, 0.15) is 22.0 Å². The number of ether oxygens (including phenoxy) is 1.